The quantitative estimate of drug-likeness (QED) is 0.638. The Bertz CT molecular complexity index is 409. The summed E-state index contributed by atoms with van der Waals surface area (Å²) in [5.74, 6) is -0.176. The lowest BCUT2D eigenvalue weighted by Gasteiger charge is -2.09. The number of amides is 2. The molecule has 0 unspecified atom stereocenters. The van der Waals surface area contributed by atoms with Crippen molar-refractivity contribution in [3.63, 3.8) is 0 Å². The normalized spacial score (nSPS) is 9.53. The molecule has 5 nitrogen and oxygen atoms in total. The van der Waals surface area contributed by atoms with E-state index in [2.05, 4.69) is 15.4 Å². The number of hydrogen-bond donors (Lipinski definition) is 2. The average Bonchev–Trinajstić information content (AvgIpc) is 2.36. The predicted octanol–water partition coefficient (Wildman–Crippen LogP) is 1.83. The van der Waals surface area contributed by atoms with E-state index in [1.54, 1.807) is 24.3 Å². The number of para-hydroxylation sites is 1. The third-order valence-electron chi connectivity index (χ3n) is 1.96. The van der Waals surface area contributed by atoms with E-state index in [0.717, 1.165) is 0 Å². The number of benzene rings is 1. The summed E-state index contributed by atoms with van der Waals surface area (Å²) in [6.45, 7) is 0.355. The van der Waals surface area contributed by atoms with E-state index in [4.69, 9.17) is 11.6 Å². The average molecular weight is 257 g/mol. The molecule has 17 heavy (non-hydrogen) atoms. The predicted molar refractivity (Wildman–Crippen MR) is 65.5 cm³/mol. The Morgan fingerprint density at radius 2 is 2.06 bits per heavy atom. The molecular weight excluding hydrogens is 244 g/mol. The fourth-order valence-electron chi connectivity index (χ4n) is 1.21. The third-order valence-corrected chi connectivity index (χ3v) is 2.15. The first-order valence-electron chi connectivity index (χ1n) is 4.97. The van der Waals surface area contributed by atoms with Gasteiger partial charge in [0.25, 0.3) is 0 Å². The van der Waals surface area contributed by atoms with Crippen LogP contribution in [0.4, 0.5) is 10.5 Å². The third kappa shape index (κ3) is 3.96. The van der Waals surface area contributed by atoms with Crippen molar-refractivity contribution in [1.29, 1.82) is 0 Å². The van der Waals surface area contributed by atoms with Crippen molar-refractivity contribution >= 4 is 29.3 Å². The molecule has 1 rings (SSSR count). The maximum Gasteiger partial charge on any atom is 0.339 e. The second kappa shape index (κ2) is 6.75. The number of urea groups is 1. The van der Waals surface area contributed by atoms with Crippen LogP contribution in [0.5, 0.6) is 0 Å². The summed E-state index contributed by atoms with van der Waals surface area (Å²) in [5.41, 5.74) is 0.697. The maximum atomic E-state index is 11.4. The summed E-state index contributed by atoms with van der Waals surface area (Å²) >= 11 is 5.44. The topological polar surface area (TPSA) is 67.4 Å². The van der Waals surface area contributed by atoms with Crippen molar-refractivity contribution in [2.24, 2.45) is 0 Å². The lowest BCUT2D eigenvalue weighted by atomic mass is 10.2. The van der Waals surface area contributed by atoms with Gasteiger partial charge in [-0.2, -0.15) is 0 Å². The highest BCUT2D eigenvalue weighted by Crippen LogP contribution is 2.15. The van der Waals surface area contributed by atoms with Gasteiger partial charge in [-0.25, -0.2) is 9.59 Å². The highest BCUT2D eigenvalue weighted by atomic mass is 35.5. The molecule has 0 spiro atoms. The summed E-state index contributed by atoms with van der Waals surface area (Å²) in [6, 6.07) is 6.18. The van der Waals surface area contributed by atoms with E-state index in [-0.39, 0.29) is 0 Å². The molecule has 1 aromatic rings. The number of carbonyl (C=O) groups is 2. The highest BCUT2D eigenvalue weighted by molar-refractivity contribution is 6.18. The van der Waals surface area contributed by atoms with Gasteiger partial charge < -0.3 is 15.4 Å². The standard InChI is InChI=1S/C11H13ClN2O3/c1-17-10(15)8-4-2-3-5-9(8)14-11(16)13-7-6-12/h2-5H,6-7H2,1H3,(H2,13,14,16). The maximum absolute atomic E-state index is 11.4. The molecule has 0 bridgehead atoms. The first-order chi connectivity index (χ1) is 8.19. The minimum atomic E-state index is -0.502. The number of esters is 1. The monoisotopic (exact) mass is 256 g/mol. The Hall–Kier alpha value is -1.75. The molecule has 0 aromatic heterocycles. The molecule has 0 atom stereocenters. The van der Waals surface area contributed by atoms with Crippen LogP contribution in [0.3, 0.4) is 0 Å². The van der Waals surface area contributed by atoms with E-state index in [0.29, 0.717) is 23.7 Å². The Balaban J connectivity index is 2.76. The number of anilines is 1. The number of nitrogens with one attached hydrogen (secondary N) is 2. The zero-order valence-corrected chi connectivity index (χ0v) is 10.1. The molecule has 0 saturated carbocycles. The second-order valence-electron chi connectivity index (χ2n) is 3.11. The number of hydrogen-bond acceptors (Lipinski definition) is 3. The molecule has 0 heterocycles. The first kappa shape index (κ1) is 13.3. The van der Waals surface area contributed by atoms with Gasteiger partial charge in [0.15, 0.2) is 0 Å². The fraction of sp³-hybridized carbons (Fsp3) is 0.273. The number of halogens is 1. The van der Waals surface area contributed by atoms with Crippen LogP contribution in [-0.2, 0) is 4.74 Å². The smallest absolute Gasteiger partial charge is 0.339 e. The second-order valence-corrected chi connectivity index (χ2v) is 3.49. The molecule has 0 aliphatic heterocycles. The van der Waals surface area contributed by atoms with Crippen molar-refractivity contribution in [3.05, 3.63) is 29.8 Å². The Kier molecular flexibility index (Phi) is 5.29. The summed E-state index contributed by atoms with van der Waals surface area (Å²) < 4.78 is 4.61. The number of ether oxygens (including phenoxy) is 1. The largest absolute Gasteiger partial charge is 0.465 e. The highest BCUT2D eigenvalue weighted by Gasteiger charge is 2.12. The molecule has 0 radical (unpaired) electrons. The number of carbonyl (C=O) groups excluding carboxylic acids is 2. The zero-order chi connectivity index (χ0) is 12.7. The number of methoxy groups -OCH3 is 1. The summed E-state index contributed by atoms with van der Waals surface area (Å²) in [6.07, 6.45) is 0. The van der Waals surface area contributed by atoms with Crippen LogP contribution >= 0.6 is 11.6 Å². The molecule has 0 fully saturated rings. The van der Waals surface area contributed by atoms with Crippen LogP contribution in [0, 0.1) is 0 Å². The lowest BCUT2D eigenvalue weighted by Crippen LogP contribution is -2.30. The fourth-order valence-corrected chi connectivity index (χ4v) is 1.30. The molecule has 0 saturated heterocycles. The van der Waals surface area contributed by atoms with E-state index in [9.17, 15) is 9.59 Å². The summed E-state index contributed by atoms with van der Waals surface area (Å²) in [4.78, 5) is 22.8. The van der Waals surface area contributed by atoms with Gasteiger partial charge in [-0.05, 0) is 12.1 Å². The van der Waals surface area contributed by atoms with Gasteiger partial charge in [-0.3, -0.25) is 0 Å². The van der Waals surface area contributed by atoms with Gasteiger partial charge in [-0.1, -0.05) is 12.1 Å². The zero-order valence-electron chi connectivity index (χ0n) is 9.33. The van der Waals surface area contributed by atoms with Crippen LogP contribution in [-0.4, -0.2) is 31.5 Å². The van der Waals surface area contributed by atoms with E-state index in [1.807, 2.05) is 0 Å². The molecular formula is C11H13ClN2O3. The van der Waals surface area contributed by atoms with E-state index < -0.39 is 12.0 Å². The minimum Gasteiger partial charge on any atom is -0.465 e. The molecule has 2 amide bonds. The first-order valence-corrected chi connectivity index (χ1v) is 5.50. The van der Waals surface area contributed by atoms with Gasteiger partial charge in [-0.15, -0.1) is 11.6 Å². The van der Waals surface area contributed by atoms with Crippen LogP contribution in [0.15, 0.2) is 24.3 Å². The SMILES string of the molecule is COC(=O)c1ccccc1NC(=O)NCCCl. The number of alkyl halides is 1. The van der Waals surface area contributed by atoms with Crippen LogP contribution in [0.2, 0.25) is 0 Å². The minimum absolute atomic E-state index is 0.302. The van der Waals surface area contributed by atoms with Crippen molar-refractivity contribution in [2.45, 2.75) is 0 Å². The molecule has 6 heteroatoms. The molecule has 1 aromatic carbocycles. The summed E-state index contributed by atoms with van der Waals surface area (Å²) in [7, 11) is 1.28. The number of rotatable bonds is 4. The van der Waals surface area contributed by atoms with Crippen LogP contribution in [0.1, 0.15) is 10.4 Å². The van der Waals surface area contributed by atoms with Crippen molar-refractivity contribution in [2.75, 3.05) is 24.9 Å². The molecule has 92 valence electrons. The van der Waals surface area contributed by atoms with Crippen LogP contribution in [0.25, 0.3) is 0 Å². The Labute approximate surface area is 104 Å². The van der Waals surface area contributed by atoms with Gasteiger partial charge >= 0.3 is 12.0 Å². The molecule has 0 aliphatic rings. The van der Waals surface area contributed by atoms with Crippen molar-refractivity contribution in [3.8, 4) is 0 Å². The molecule has 2 N–H and O–H groups in total. The Morgan fingerprint density at radius 3 is 2.71 bits per heavy atom. The lowest BCUT2D eigenvalue weighted by molar-refractivity contribution is 0.0602. The van der Waals surface area contributed by atoms with E-state index >= 15 is 0 Å². The van der Waals surface area contributed by atoms with Gasteiger partial charge in [0, 0.05) is 12.4 Å². The van der Waals surface area contributed by atoms with Gasteiger partial charge in [0.2, 0.25) is 0 Å². The molecule has 0 aliphatic carbocycles. The summed E-state index contributed by atoms with van der Waals surface area (Å²) in [5, 5.41) is 5.08. The van der Waals surface area contributed by atoms with Crippen molar-refractivity contribution < 1.29 is 14.3 Å². The Morgan fingerprint density at radius 1 is 1.35 bits per heavy atom. The van der Waals surface area contributed by atoms with E-state index in [1.165, 1.54) is 7.11 Å². The van der Waals surface area contributed by atoms with Gasteiger partial charge in [0.05, 0.1) is 18.4 Å². The van der Waals surface area contributed by atoms with Crippen molar-refractivity contribution in [1.82, 2.24) is 5.32 Å². The van der Waals surface area contributed by atoms with Gasteiger partial charge in [0.1, 0.15) is 0 Å². The van der Waals surface area contributed by atoms with Crippen LogP contribution < -0.4 is 10.6 Å².